The molecule has 478 valence electrons. The summed E-state index contributed by atoms with van der Waals surface area (Å²) < 4.78 is 0. The average molecular weight is 1130 g/mol. The number of allylic oxidation sites excluding steroid dienone is 20. The van der Waals surface area contributed by atoms with Gasteiger partial charge in [0.2, 0.25) is 0 Å². The van der Waals surface area contributed by atoms with Gasteiger partial charge in [0.15, 0.2) is 0 Å². The first kappa shape index (κ1) is 96.8. The Bertz CT molecular complexity index is 1580. The van der Waals surface area contributed by atoms with E-state index in [0.717, 1.165) is 35.5 Å². The fourth-order valence-electron chi connectivity index (χ4n) is 7.60. The van der Waals surface area contributed by atoms with Crippen LogP contribution in [0.2, 0.25) is 0 Å². The lowest BCUT2D eigenvalue weighted by Gasteiger charge is -2.22. The molecule has 0 heteroatoms. The molecule has 81 heavy (non-hydrogen) atoms. The van der Waals surface area contributed by atoms with Gasteiger partial charge >= 0.3 is 0 Å². The van der Waals surface area contributed by atoms with Gasteiger partial charge in [-0.15, -0.1) is 0 Å². The molecular weight excluding hydrogens is 973 g/mol. The Labute approximate surface area is 517 Å². The Morgan fingerprint density at radius 3 is 0.852 bits per heavy atom. The van der Waals surface area contributed by atoms with E-state index in [1.165, 1.54) is 129 Å². The summed E-state index contributed by atoms with van der Waals surface area (Å²) in [7, 11) is 0. The van der Waals surface area contributed by atoms with E-state index < -0.39 is 0 Å². The van der Waals surface area contributed by atoms with Gasteiger partial charge in [-0.2, -0.15) is 0 Å². The molecule has 8 rings (SSSR count). The Morgan fingerprint density at radius 1 is 0.296 bits per heavy atom. The van der Waals surface area contributed by atoms with Crippen molar-refractivity contribution in [2.45, 2.75) is 319 Å². The summed E-state index contributed by atoms with van der Waals surface area (Å²) in [6.07, 6.45) is 50.6. The number of rotatable bonds is 0. The highest BCUT2D eigenvalue weighted by Crippen LogP contribution is 2.27. The molecule has 0 aromatic heterocycles. The molecule has 1 saturated carbocycles. The maximum absolute atomic E-state index is 2.37. The van der Waals surface area contributed by atoms with E-state index in [0.29, 0.717) is 11.8 Å². The van der Waals surface area contributed by atoms with E-state index in [1.807, 2.05) is 111 Å². The number of hydrogen-bond acceptors (Lipinski definition) is 0. The van der Waals surface area contributed by atoms with Crippen LogP contribution in [0.15, 0.2) is 143 Å². The van der Waals surface area contributed by atoms with Crippen molar-refractivity contribution < 1.29 is 0 Å². The lowest BCUT2D eigenvalue weighted by atomic mass is 9.84. The molecule has 7 aliphatic rings. The summed E-state index contributed by atoms with van der Waals surface area (Å²) >= 11 is 0. The smallest absolute Gasteiger partial charge is 0.00815 e. The molecule has 4 atom stereocenters. The van der Waals surface area contributed by atoms with Crippen LogP contribution in [0.3, 0.4) is 0 Å². The highest BCUT2D eigenvalue weighted by atomic mass is 14.2. The summed E-state index contributed by atoms with van der Waals surface area (Å²) in [6.45, 7) is 67.5. The third-order valence-electron chi connectivity index (χ3n) is 13.3. The first-order valence-corrected chi connectivity index (χ1v) is 34.0. The fraction of sp³-hybridized carbons (Fsp3) is 0.679. The standard InChI is InChI=1S/C8H16.2C8H14.4C8H12.C8H10.8C2H6.CH4/c8*1-7-3-5-8(2)6-4-7;8*1-2;/h7-8H,3-6H2,1-2H3;3,8H,4-6H2,1-2H3;3,5,7-8H,4,6H2,1-2H3;3,6H,4-5H2,1-2H3;3,5H,4,6H2,1-2H3;3-5,8H,6H2,1-2H3;3-8H,1-2H3;3-6H,1-2H3;8*1-2H3;1H4. The van der Waals surface area contributed by atoms with Gasteiger partial charge in [0.1, 0.15) is 0 Å². The van der Waals surface area contributed by atoms with Gasteiger partial charge in [0.05, 0.1) is 0 Å². The van der Waals surface area contributed by atoms with Gasteiger partial charge in [-0.1, -0.05) is 353 Å². The molecule has 0 radical (unpaired) electrons. The molecule has 1 aromatic rings. The van der Waals surface area contributed by atoms with Gasteiger partial charge < -0.3 is 0 Å². The third-order valence-corrected chi connectivity index (χ3v) is 13.3. The van der Waals surface area contributed by atoms with E-state index in [9.17, 15) is 0 Å². The molecule has 0 bridgehead atoms. The van der Waals surface area contributed by atoms with Gasteiger partial charge in [0.25, 0.3) is 0 Å². The lowest BCUT2D eigenvalue weighted by Crippen LogP contribution is -2.08. The van der Waals surface area contributed by atoms with Gasteiger partial charge in [-0.3, -0.25) is 0 Å². The molecular formula is C81H154. The normalized spacial score (nSPS) is 22.3. The average Bonchev–Trinajstić information content (AvgIpc) is 3.50. The van der Waals surface area contributed by atoms with Crippen LogP contribution in [0, 0.1) is 61.2 Å². The van der Waals surface area contributed by atoms with E-state index >= 15 is 0 Å². The quantitative estimate of drug-likeness (QED) is 0.227. The van der Waals surface area contributed by atoms with Crippen molar-refractivity contribution in [3.63, 3.8) is 0 Å². The second-order valence-corrected chi connectivity index (χ2v) is 21.4. The van der Waals surface area contributed by atoms with Crippen molar-refractivity contribution in [2.24, 2.45) is 47.3 Å². The number of hydrogen-bond donors (Lipinski definition) is 0. The molecule has 1 fully saturated rings. The van der Waals surface area contributed by atoms with Crippen LogP contribution in [0.25, 0.3) is 0 Å². The van der Waals surface area contributed by atoms with Crippen molar-refractivity contribution in [3.8, 4) is 0 Å². The van der Waals surface area contributed by atoms with E-state index in [-0.39, 0.29) is 7.43 Å². The Kier molecular flexibility index (Phi) is 89.2. The topological polar surface area (TPSA) is 0 Å². The minimum Gasteiger partial charge on any atom is -0.0854 e. The number of aryl methyl sites for hydroxylation is 2. The molecule has 0 spiro atoms. The van der Waals surface area contributed by atoms with Crippen molar-refractivity contribution in [2.75, 3.05) is 0 Å². The highest BCUT2D eigenvalue weighted by Gasteiger charge is 2.13. The second-order valence-electron chi connectivity index (χ2n) is 21.4. The molecule has 0 saturated heterocycles. The number of benzene rings is 1. The maximum Gasteiger partial charge on any atom is -0.00815 e. The van der Waals surface area contributed by atoms with Crippen LogP contribution in [0.4, 0.5) is 0 Å². The zero-order valence-corrected chi connectivity index (χ0v) is 60.9. The predicted molar refractivity (Wildman–Crippen MR) is 390 cm³/mol. The van der Waals surface area contributed by atoms with E-state index in [4.69, 9.17) is 0 Å². The van der Waals surface area contributed by atoms with Crippen LogP contribution in [-0.4, -0.2) is 0 Å². The first-order chi connectivity index (χ1) is 38.3. The summed E-state index contributed by atoms with van der Waals surface area (Å²) in [4.78, 5) is 0. The maximum atomic E-state index is 2.37. The molecule has 7 aliphatic carbocycles. The van der Waals surface area contributed by atoms with E-state index in [2.05, 4.69) is 220 Å². The summed E-state index contributed by atoms with van der Waals surface area (Å²) in [5.41, 5.74) is 11.7. The first-order valence-electron chi connectivity index (χ1n) is 34.0. The van der Waals surface area contributed by atoms with Gasteiger partial charge in [-0.25, -0.2) is 0 Å². The molecule has 0 aliphatic heterocycles. The Hall–Kier alpha value is -3.38. The summed E-state index contributed by atoms with van der Waals surface area (Å²) in [5, 5.41) is 0. The summed E-state index contributed by atoms with van der Waals surface area (Å²) in [6, 6.07) is 8.48. The van der Waals surface area contributed by atoms with Gasteiger partial charge in [0, 0.05) is 0 Å². The minimum atomic E-state index is 0. The Morgan fingerprint density at radius 2 is 0.630 bits per heavy atom. The van der Waals surface area contributed by atoms with Crippen molar-refractivity contribution in [1.82, 2.24) is 0 Å². The van der Waals surface area contributed by atoms with Crippen molar-refractivity contribution >= 4 is 0 Å². The lowest BCUT2D eigenvalue weighted by molar-refractivity contribution is 0.308. The predicted octanol–water partition coefficient (Wildman–Crippen LogP) is 29.6. The molecule has 0 nitrogen and oxygen atoms in total. The van der Waals surface area contributed by atoms with Crippen LogP contribution in [-0.2, 0) is 0 Å². The highest BCUT2D eigenvalue weighted by molar-refractivity contribution is 5.22. The van der Waals surface area contributed by atoms with Crippen molar-refractivity contribution in [3.05, 3.63) is 154 Å². The van der Waals surface area contributed by atoms with Crippen LogP contribution in [0.1, 0.15) is 316 Å². The zero-order valence-electron chi connectivity index (χ0n) is 60.9. The minimum absolute atomic E-state index is 0. The van der Waals surface area contributed by atoms with E-state index in [1.54, 1.807) is 5.57 Å². The van der Waals surface area contributed by atoms with Crippen LogP contribution >= 0.6 is 0 Å². The zero-order chi connectivity index (χ0) is 63.9. The molecule has 0 heterocycles. The Balaban J connectivity index is -0.000000101. The SMILES string of the molecule is C.CC.CC.CC.CC.CC.CC.CC.CC.CC1=CC=C(C)CC1.CC1=CCC(C)=CC1.CC1=CCC(C)C=C1.CC1=CCC(C)CC1.CC1C=CC(C)C=C1.CC1C=CC(C)CC1.CC1CCC(C)CC1.Cc1ccc(C)cc1. The second kappa shape index (κ2) is 74.6. The van der Waals surface area contributed by atoms with Crippen LogP contribution < -0.4 is 0 Å². The monoisotopic (exact) mass is 1130 g/mol. The fourth-order valence-corrected chi connectivity index (χ4v) is 7.60. The molecule has 1 aromatic carbocycles. The third kappa shape index (κ3) is 72.7. The van der Waals surface area contributed by atoms with Crippen LogP contribution in [0.5, 0.6) is 0 Å². The largest absolute Gasteiger partial charge is 0.0854 e. The molecule has 0 N–H and O–H groups in total. The molecule has 4 unspecified atom stereocenters. The van der Waals surface area contributed by atoms with Crippen molar-refractivity contribution in [1.29, 1.82) is 0 Å². The molecule has 0 amide bonds. The summed E-state index contributed by atoms with van der Waals surface area (Å²) in [5.74, 6) is 6.74. The van der Waals surface area contributed by atoms with Gasteiger partial charge in [-0.05, 0) is 167 Å².